The molecular weight excluding hydrogens is 210 g/mol. The van der Waals surface area contributed by atoms with Crippen molar-refractivity contribution in [3.05, 3.63) is 35.4 Å². The fourth-order valence-electron chi connectivity index (χ4n) is 1.08. The quantitative estimate of drug-likeness (QED) is 0.812. The predicted molar refractivity (Wildman–Crippen MR) is 78.6 cm³/mol. The highest BCUT2D eigenvalue weighted by molar-refractivity contribution is 5.95. The monoisotopic (exact) mass is 239 g/mol. The van der Waals surface area contributed by atoms with Gasteiger partial charge in [0, 0.05) is 12.1 Å². The van der Waals surface area contributed by atoms with Gasteiger partial charge < -0.3 is 5.32 Å². The van der Waals surface area contributed by atoms with Crippen LogP contribution in [0.2, 0.25) is 0 Å². The van der Waals surface area contributed by atoms with Crippen LogP contribution >= 0.6 is 0 Å². The minimum Gasteiger partial charge on any atom is -0.352 e. The van der Waals surface area contributed by atoms with E-state index in [0.29, 0.717) is 6.54 Å². The third-order valence-corrected chi connectivity index (χ3v) is 1.73. The molecule has 0 saturated heterocycles. The first-order chi connectivity index (χ1) is 7.75. The third kappa shape index (κ3) is 8.49. The van der Waals surface area contributed by atoms with E-state index in [9.17, 15) is 4.79 Å². The summed E-state index contributed by atoms with van der Waals surface area (Å²) in [5, 5.41) is 2.76. The minimum atomic E-state index is 0. The number of aryl methyl sites for hydroxylation is 1. The molecule has 0 aliphatic heterocycles. The molecule has 0 radical (unpaired) electrons. The molecule has 2 nitrogen and oxygen atoms in total. The van der Waals surface area contributed by atoms with Gasteiger partial charge in [0.2, 0.25) is 0 Å². The molecule has 17 heavy (non-hydrogen) atoms. The summed E-state index contributed by atoms with van der Waals surface area (Å²) < 4.78 is 0. The lowest BCUT2D eigenvalue weighted by Crippen LogP contribution is -2.23. The Kier molecular flexibility index (Phi) is 18.2. The van der Waals surface area contributed by atoms with E-state index in [4.69, 9.17) is 0 Å². The lowest BCUT2D eigenvalue weighted by molar-refractivity contribution is 0.0955. The lowest BCUT2D eigenvalue weighted by atomic mass is 10.1. The molecule has 2 heteroatoms. The minimum absolute atomic E-state index is 0. The van der Waals surface area contributed by atoms with E-state index in [1.54, 1.807) is 0 Å². The van der Waals surface area contributed by atoms with Crippen molar-refractivity contribution in [3.8, 4) is 0 Å². The fourth-order valence-corrected chi connectivity index (χ4v) is 1.08. The molecule has 0 saturated carbocycles. The summed E-state index contributed by atoms with van der Waals surface area (Å²) in [4.78, 5) is 11.4. The average molecular weight is 239 g/mol. The summed E-state index contributed by atoms with van der Waals surface area (Å²) in [6, 6.07) is 7.57. The van der Waals surface area contributed by atoms with Gasteiger partial charge in [0.25, 0.3) is 5.91 Å². The summed E-state index contributed by atoms with van der Waals surface area (Å²) in [6.07, 6.45) is 0. The normalized spacial score (nSPS) is 7.41. The maximum atomic E-state index is 11.4. The lowest BCUT2D eigenvalue weighted by Gasteiger charge is -2.04. The van der Waals surface area contributed by atoms with Crippen LogP contribution < -0.4 is 5.32 Å². The van der Waals surface area contributed by atoms with E-state index < -0.39 is 0 Å². The van der Waals surface area contributed by atoms with Gasteiger partial charge in [-0.1, -0.05) is 53.3 Å². The highest BCUT2D eigenvalue weighted by Crippen LogP contribution is 2.05. The second-order valence-electron chi connectivity index (χ2n) is 2.67. The summed E-state index contributed by atoms with van der Waals surface area (Å²) in [6.45, 7) is 12.5. The number of hydrogen-bond acceptors (Lipinski definition) is 1. The van der Waals surface area contributed by atoms with Crippen LogP contribution in [0.15, 0.2) is 24.3 Å². The summed E-state index contributed by atoms with van der Waals surface area (Å²) in [5.74, 6) is 0.00981. The van der Waals surface area contributed by atoms with E-state index >= 15 is 0 Å². The van der Waals surface area contributed by atoms with Gasteiger partial charge in [-0.15, -0.1) is 0 Å². The van der Waals surface area contributed by atoms with Crippen molar-refractivity contribution >= 4 is 5.91 Å². The number of nitrogens with one attached hydrogen (secondary N) is 1. The molecule has 0 aliphatic rings. The van der Waals surface area contributed by atoms with Crippen LogP contribution in [-0.2, 0) is 0 Å². The van der Waals surface area contributed by atoms with Gasteiger partial charge in [-0.05, 0) is 25.5 Å². The molecule has 0 fully saturated rings. The van der Waals surface area contributed by atoms with E-state index in [0.717, 1.165) is 11.1 Å². The van der Waals surface area contributed by atoms with Gasteiger partial charge in [-0.2, -0.15) is 0 Å². The Balaban J connectivity index is -0.000000355. The number of carbonyl (C=O) groups is 1. The van der Waals surface area contributed by atoms with Crippen LogP contribution in [-0.4, -0.2) is 12.5 Å². The number of rotatable bonds is 2. The van der Waals surface area contributed by atoms with Crippen LogP contribution in [0.5, 0.6) is 0 Å². The van der Waals surface area contributed by atoms with E-state index in [1.165, 1.54) is 0 Å². The van der Waals surface area contributed by atoms with E-state index in [-0.39, 0.29) is 13.3 Å². The number of carbonyl (C=O) groups excluding carboxylic acids is 1. The molecule has 1 aromatic rings. The Morgan fingerprint density at radius 1 is 1.12 bits per heavy atom. The van der Waals surface area contributed by atoms with Gasteiger partial charge in [-0.3, -0.25) is 4.79 Å². The van der Waals surface area contributed by atoms with Crippen molar-refractivity contribution in [2.24, 2.45) is 0 Å². The van der Waals surface area contributed by atoms with Crippen LogP contribution in [0, 0.1) is 6.92 Å². The maximum absolute atomic E-state index is 11.4. The second kappa shape index (κ2) is 14.7. The standard InChI is InChI=1S/C10H13NO.2C2H6.CH4/c1-3-11-10(12)9-7-5-4-6-8(9)2;2*1-2;/h4-7H,3H2,1-2H3,(H,11,12);2*1-2H3;1H4. The number of hydrogen-bond donors (Lipinski definition) is 1. The highest BCUT2D eigenvalue weighted by Gasteiger charge is 2.04. The van der Waals surface area contributed by atoms with Crippen LogP contribution in [0.1, 0.15) is 58.0 Å². The van der Waals surface area contributed by atoms with Gasteiger partial charge in [0.05, 0.1) is 0 Å². The molecule has 0 spiro atoms. The zero-order valence-electron chi connectivity index (χ0n) is 11.4. The third-order valence-electron chi connectivity index (χ3n) is 1.73. The molecule has 1 rings (SSSR count). The Bertz CT molecular complexity index is 282. The molecule has 1 N–H and O–H groups in total. The Morgan fingerprint density at radius 3 is 2.00 bits per heavy atom. The van der Waals surface area contributed by atoms with Crippen molar-refractivity contribution in [3.63, 3.8) is 0 Å². The zero-order chi connectivity index (χ0) is 13.0. The highest BCUT2D eigenvalue weighted by atomic mass is 16.1. The second-order valence-corrected chi connectivity index (χ2v) is 2.67. The summed E-state index contributed by atoms with van der Waals surface area (Å²) in [7, 11) is 0. The molecule has 0 bridgehead atoms. The molecular formula is C15H29NO. The van der Waals surface area contributed by atoms with Crippen LogP contribution in [0.4, 0.5) is 0 Å². The Hall–Kier alpha value is -1.31. The maximum Gasteiger partial charge on any atom is 0.251 e. The molecule has 0 unspecified atom stereocenters. The number of amides is 1. The van der Waals surface area contributed by atoms with Crippen molar-refractivity contribution in [2.75, 3.05) is 6.54 Å². The van der Waals surface area contributed by atoms with Crippen molar-refractivity contribution < 1.29 is 4.79 Å². The predicted octanol–water partition coefficient (Wildman–Crippen LogP) is 4.43. The van der Waals surface area contributed by atoms with Crippen LogP contribution in [0.25, 0.3) is 0 Å². The smallest absolute Gasteiger partial charge is 0.251 e. The van der Waals surface area contributed by atoms with E-state index in [2.05, 4.69) is 5.32 Å². The molecule has 0 atom stereocenters. The first-order valence-corrected chi connectivity index (χ1v) is 6.09. The van der Waals surface area contributed by atoms with Gasteiger partial charge >= 0.3 is 0 Å². The summed E-state index contributed by atoms with van der Waals surface area (Å²) >= 11 is 0. The SMILES string of the molecule is C.CC.CC.CCNC(=O)c1ccccc1C. The summed E-state index contributed by atoms with van der Waals surface area (Å²) in [5.41, 5.74) is 1.78. The molecule has 0 aromatic heterocycles. The molecule has 1 aromatic carbocycles. The Morgan fingerprint density at radius 2 is 1.59 bits per heavy atom. The van der Waals surface area contributed by atoms with Gasteiger partial charge in [-0.25, -0.2) is 0 Å². The molecule has 100 valence electrons. The van der Waals surface area contributed by atoms with Gasteiger partial charge in [0.15, 0.2) is 0 Å². The van der Waals surface area contributed by atoms with Gasteiger partial charge in [0.1, 0.15) is 0 Å². The fraction of sp³-hybridized carbons (Fsp3) is 0.533. The first-order valence-electron chi connectivity index (χ1n) is 6.09. The number of benzene rings is 1. The van der Waals surface area contributed by atoms with Crippen LogP contribution in [0.3, 0.4) is 0 Å². The van der Waals surface area contributed by atoms with E-state index in [1.807, 2.05) is 65.8 Å². The molecule has 1 amide bonds. The topological polar surface area (TPSA) is 29.1 Å². The largest absolute Gasteiger partial charge is 0.352 e. The van der Waals surface area contributed by atoms with Crippen molar-refractivity contribution in [1.82, 2.24) is 5.32 Å². The Labute approximate surface area is 107 Å². The van der Waals surface area contributed by atoms with Crippen molar-refractivity contribution in [2.45, 2.75) is 49.0 Å². The molecule has 0 heterocycles. The average Bonchev–Trinajstić information content (AvgIpc) is 2.35. The van der Waals surface area contributed by atoms with Crippen molar-refractivity contribution in [1.29, 1.82) is 0 Å². The first kappa shape index (κ1) is 21.0. The zero-order valence-corrected chi connectivity index (χ0v) is 11.4. The molecule has 0 aliphatic carbocycles.